The predicted octanol–water partition coefficient (Wildman–Crippen LogP) is 3.33. The summed E-state index contributed by atoms with van der Waals surface area (Å²) in [6.45, 7) is 4.31. The summed E-state index contributed by atoms with van der Waals surface area (Å²) in [5.41, 5.74) is 3.09. The van der Waals surface area contributed by atoms with Gasteiger partial charge in [0.25, 0.3) is 0 Å². The third-order valence-corrected chi connectivity index (χ3v) is 6.53. The summed E-state index contributed by atoms with van der Waals surface area (Å²) in [5.74, 6) is 0.957. The molecule has 1 N–H and O–H groups in total. The lowest BCUT2D eigenvalue weighted by Gasteiger charge is -2.17. The Morgan fingerprint density at radius 1 is 1.00 bits per heavy atom. The van der Waals surface area contributed by atoms with Crippen molar-refractivity contribution in [2.75, 3.05) is 45.7 Å². The third kappa shape index (κ3) is 5.85. The van der Waals surface area contributed by atoms with Gasteiger partial charge in [-0.05, 0) is 67.7 Å². The van der Waals surface area contributed by atoms with Crippen molar-refractivity contribution in [3.63, 3.8) is 0 Å². The van der Waals surface area contributed by atoms with E-state index in [0.717, 1.165) is 30.9 Å². The molecule has 4 rings (SSSR count). The number of nitrogens with one attached hydrogen (secondary N) is 1. The molecule has 176 valence electrons. The number of ether oxygens (including phenoxy) is 2. The Hall–Kier alpha value is -3.06. The van der Waals surface area contributed by atoms with E-state index in [1.54, 1.807) is 19.1 Å². The van der Waals surface area contributed by atoms with Crippen LogP contribution >= 0.6 is 0 Å². The average Bonchev–Trinajstić information content (AvgIpc) is 3.48. The van der Waals surface area contributed by atoms with Gasteiger partial charge in [0.1, 0.15) is 0 Å². The van der Waals surface area contributed by atoms with E-state index in [-0.39, 0.29) is 24.2 Å². The first-order valence-electron chi connectivity index (χ1n) is 11.7. The predicted molar refractivity (Wildman–Crippen MR) is 128 cm³/mol. The molecule has 0 aromatic heterocycles. The van der Waals surface area contributed by atoms with Crippen LogP contribution in [0.2, 0.25) is 0 Å². The zero-order chi connectivity index (χ0) is 23.2. The van der Waals surface area contributed by atoms with Crippen LogP contribution in [0.3, 0.4) is 0 Å². The van der Waals surface area contributed by atoms with Crippen LogP contribution in [0.1, 0.15) is 30.4 Å². The van der Waals surface area contributed by atoms with Crippen LogP contribution in [0, 0.1) is 5.92 Å². The van der Waals surface area contributed by atoms with E-state index in [0.29, 0.717) is 31.0 Å². The largest absolute Gasteiger partial charge is 0.493 e. The number of amides is 2. The van der Waals surface area contributed by atoms with Gasteiger partial charge in [-0.1, -0.05) is 18.2 Å². The number of nitrogens with zero attached hydrogens (tertiary/aromatic N) is 2. The van der Waals surface area contributed by atoms with Crippen molar-refractivity contribution in [2.45, 2.75) is 32.2 Å². The SMILES string of the molecule is COc1ccc(CCN2C[C@H](C(=O)Nc3ccc(CN4CCCC4)cc3)CC2=O)cc1OC. The number of carbonyl (C=O) groups is 2. The number of rotatable bonds is 9. The van der Waals surface area contributed by atoms with E-state index < -0.39 is 0 Å². The van der Waals surface area contributed by atoms with Gasteiger partial charge in [-0.15, -0.1) is 0 Å². The molecule has 0 radical (unpaired) electrons. The van der Waals surface area contributed by atoms with Gasteiger partial charge in [-0.3, -0.25) is 14.5 Å². The maximum absolute atomic E-state index is 12.8. The minimum Gasteiger partial charge on any atom is -0.493 e. The monoisotopic (exact) mass is 451 g/mol. The van der Waals surface area contributed by atoms with Gasteiger partial charge < -0.3 is 19.7 Å². The summed E-state index contributed by atoms with van der Waals surface area (Å²) >= 11 is 0. The topological polar surface area (TPSA) is 71.1 Å². The highest BCUT2D eigenvalue weighted by molar-refractivity contribution is 5.97. The van der Waals surface area contributed by atoms with Gasteiger partial charge in [0.15, 0.2) is 11.5 Å². The molecule has 2 fully saturated rings. The van der Waals surface area contributed by atoms with E-state index in [4.69, 9.17) is 9.47 Å². The van der Waals surface area contributed by atoms with E-state index in [1.165, 1.54) is 18.4 Å². The second-order valence-electron chi connectivity index (χ2n) is 8.85. The lowest BCUT2D eigenvalue weighted by atomic mass is 10.1. The Morgan fingerprint density at radius 3 is 2.39 bits per heavy atom. The zero-order valence-electron chi connectivity index (χ0n) is 19.5. The molecule has 2 aromatic rings. The Labute approximate surface area is 195 Å². The minimum absolute atomic E-state index is 0.0246. The summed E-state index contributed by atoms with van der Waals surface area (Å²) < 4.78 is 10.6. The second kappa shape index (κ2) is 10.7. The Bertz CT molecular complexity index is 970. The molecule has 2 heterocycles. The van der Waals surface area contributed by atoms with Crippen LogP contribution in [-0.2, 0) is 22.6 Å². The molecular formula is C26H33N3O4. The van der Waals surface area contributed by atoms with E-state index >= 15 is 0 Å². The highest BCUT2D eigenvalue weighted by atomic mass is 16.5. The van der Waals surface area contributed by atoms with Gasteiger partial charge in [-0.25, -0.2) is 0 Å². The highest BCUT2D eigenvalue weighted by Crippen LogP contribution is 2.28. The quantitative estimate of drug-likeness (QED) is 0.633. The smallest absolute Gasteiger partial charge is 0.229 e. The maximum Gasteiger partial charge on any atom is 0.229 e. The first kappa shape index (κ1) is 23.1. The number of carbonyl (C=O) groups excluding carboxylic acids is 2. The fourth-order valence-electron chi connectivity index (χ4n) is 4.60. The van der Waals surface area contributed by atoms with Gasteiger partial charge in [0.05, 0.1) is 20.1 Å². The normalized spacial score (nSPS) is 18.5. The van der Waals surface area contributed by atoms with Crippen LogP contribution in [0.15, 0.2) is 42.5 Å². The van der Waals surface area contributed by atoms with E-state index in [2.05, 4.69) is 22.3 Å². The average molecular weight is 452 g/mol. The van der Waals surface area contributed by atoms with Crippen molar-refractivity contribution >= 4 is 17.5 Å². The van der Waals surface area contributed by atoms with Crippen LogP contribution in [0.25, 0.3) is 0 Å². The summed E-state index contributed by atoms with van der Waals surface area (Å²) in [4.78, 5) is 29.5. The van der Waals surface area contributed by atoms with Crippen molar-refractivity contribution < 1.29 is 19.1 Å². The van der Waals surface area contributed by atoms with Crippen LogP contribution in [-0.4, -0.2) is 62.0 Å². The Balaban J connectivity index is 1.27. The van der Waals surface area contributed by atoms with E-state index in [1.807, 2.05) is 30.3 Å². The first-order chi connectivity index (χ1) is 16.1. The number of likely N-dealkylation sites (tertiary alicyclic amines) is 2. The van der Waals surface area contributed by atoms with Crippen molar-refractivity contribution in [3.05, 3.63) is 53.6 Å². The molecule has 0 aliphatic carbocycles. The van der Waals surface area contributed by atoms with Crippen LogP contribution in [0.4, 0.5) is 5.69 Å². The molecule has 0 saturated carbocycles. The standard InChI is InChI=1S/C26H33N3O4/c1-32-23-10-7-19(15-24(23)33-2)11-14-29-18-21(16-25(29)30)26(31)27-22-8-5-20(6-9-22)17-28-12-3-4-13-28/h5-10,15,21H,3-4,11-14,16-18H2,1-2H3,(H,27,31)/t21-/m1/s1. The van der Waals surface area contributed by atoms with Crippen molar-refractivity contribution in [2.24, 2.45) is 5.92 Å². The van der Waals surface area contributed by atoms with E-state index in [9.17, 15) is 9.59 Å². The second-order valence-corrected chi connectivity index (χ2v) is 8.85. The molecule has 2 saturated heterocycles. The molecule has 7 nitrogen and oxygen atoms in total. The molecule has 7 heteroatoms. The van der Waals surface area contributed by atoms with Gasteiger partial charge in [0.2, 0.25) is 11.8 Å². The molecule has 2 aliphatic heterocycles. The number of hydrogen-bond donors (Lipinski definition) is 1. The number of benzene rings is 2. The lowest BCUT2D eigenvalue weighted by molar-refractivity contribution is -0.128. The third-order valence-electron chi connectivity index (χ3n) is 6.53. The molecule has 33 heavy (non-hydrogen) atoms. The molecule has 2 amide bonds. The van der Waals surface area contributed by atoms with Crippen LogP contribution in [0.5, 0.6) is 11.5 Å². The number of anilines is 1. The lowest BCUT2D eigenvalue weighted by Crippen LogP contribution is -2.30. The molecule has 1 atom stereocenters. The Kier molecular flexibility index (Phi) is 7.50. The minimum atomic E-state index is -0.327. The molecule has 2 aliphatic rings. The summed E-state index contributed by atoms with van der Waals surface area (Å²) in [7, 11) is 3.21. The van der Waals surface area contributed by atoms with Crippen molar-refractivity contribution in [3.8, 4) is 11.5 Å². The van der Waals surface area contributed by atoms with Gasteiger partial charge in [0, 0.05) is 31.7 Å². The first-order valence-corrected chi connectivity index (χ1v) is 11.7. The highest BCUT2D eigenvalue weighted by Gasteiger charge is 2.34. The molecule has 2 aromatic carbocycles. The summed E-state index contributed by atoms with van der Waals surface area (Å²) in [5, 5.41) is 2.99. The van der Waals surface area contributed by atoms with Crippen LogP contribution < -0.4 is 14.8 Å². The number of hydrogen-bond acceptors (Lipinski definition) is 5. The zero-order valence-corrected chi connectivity index (χ0v) is 19.5. The molecule has 0 unspecified atom stereocenters. The number of methoxy groups -OCH3 is 2. The van der Waals surface area contributed by atoms with Gasteiger partial charge in [-0.2, -0.15) is 0 Å². The fraction of sp³-hybridized carbons (Fsp3) is 0.462. The van der Waals surface area contributed by atoms with Crippen molar-refractivity contribution in [1.82, 2.24) is 9.80 Å². The fourth-order valence-corrected chi connectivity index (χ4v) is 4.60. The summed E-state index contributed by atoms with van der Waals surface area (Å²) in [6.07, 6.45) is 3.50. The molecule has 0 bridgehead atoms. The Morgan fingerprint density at radius 2 is 1.70 bits per heavy atom. The molecular weight excluding hydrogens is 418 g/mol. The van der Waals surface area contributed by atoms with Gasteiger partial charge >= 0.3 is 0 Å². The summed E-state index contributed by atoms with van der Waals surface area (Å²) in [6, 6.07) is 13.8. The maximum atomic E-state index is 12.8. The molecule has 0 spiro atoms. The van der Waals surface area contributed by atoms with Crippen molar-refractivity contribution in [1.29, 1.82) is 0 Å².